The lowest BCUT2D eigenvalue weighted by atomic mass is 9.99. The van der Waals surface area contributed by atoms with Crippen molar-refractivity contribution in [1.29, 1.82) is 0 Å². The Balaban J connectivity index is 1.14. The van der Waals surface area contributed by atoms with Crippen LogP contribution in [-0.2, 0) is 30.7 Å². The van der Waals surface area contributed by atoms with Crippen molar-refractivity contribution < 1.29 is 9.53 Å². The molecule has 0 bridgehead atoms. The monoisotopic (exact) mass is 469 g/mol. The van der Waals surface area contributed by atoms with Crippen LogP contribution in [0.15, 0.2) is 78.2 Å². The number of rotatable bonds is 7. The van der Waals surface area contributed by atoms with Gasteiger partial charge in [0.1, 0.15) is 5.75 Å². The van der Waals surface area contributed by atoms with Gasteiger partial charge in [0.2, 0.25) is 5.91 Å². The molecule has 0 fully saturated rings. The second-order valence-electron chi connectivity index (χ2n) is 8.53. The second-order valence-corrected chi connectivity index (χ2v) is 9.39. The Hall–Kier alpha value is -3.48. The molecule has 4 aromatic rings. The van der Waals surface area contributed by atoms with Crippen molar-refractivity contribution in [2.24, 2.45) is 0 Å². The number of methoxy groups -OCH3 is 1. The zero-order valence-corrected chi connectivity index (χ0v) is 20.0. The van der Waals surface area contributed by atoms with Crippen molar-refractivity contribution >= 4 is 22.4 Å². The highest BCUT2D eigenvalue weighted by Crippen LogP contribution is 2.26. The first kappa shape index (κ1) is 22.3. The molecule has 5 nitrogen and oxygen atoms in total. The van der Waals surface area contributed by atoms with Crippen LogP contribution < -0.4 is 10.1 Å². The third kappa shape index (κ3) is 5.35. The van der Waals surface area contributed by atoms with E-state index in [4.69, 9.17) is 4.74 Å². The Kier molecular flexibility index (Phi) is 6.70. The summed E-state index contributed by atoms with van der Waals surface area (Å²) in [6.45, 7) is 2.66. The van der Waals surface area contributed by atoms with Crippen LogP contribution in [0.2, 0.25) is 0 Å². The Morgan fingerprint density at radius 2 is 1.82 bits per heavy atom. The van der Waals surface area contributed by atoms with Gasteiger partial charge in [-0.05, 0) is 46.4 Å². The maximum atomic E-state index is 12.6. The summed E-state index contributed by atoms with van der Waals surface area (Å²) in [6, 6.07) is 24.7. The van der Waals surface area contributed by atoms with Gasteiger partial charge >= 0.3 is 0 Å². The SMILES string of the molecule is COc1ccc2c(c1)CCN(Cc1csc(NC(=O)Cc3ccc(-c4ccccc4)cc3)n1)C2. The summed E-state index contributed by atoms with van der Waals surface area (Å²) in [4.78, 5) is 19.6. The van der Waals surface area contributed by atoms with Crippen LogP contribution in [0, 0.1) is 0 Å². The number of benzene rings is 3. The van der Waals surface area contributed by atoms with E-state index in [1.54, 1.807) is 7.11 Å². The largest absolute Gasteiger partial charge is 0.497 e. The van der Waals surface area contributed by atoms with Crippen molar-refractivity contribution in [2.45, 2.75) is 25.9 Å². The highest BCUT2D eigenvalue weighted by Gasteiger charge is 2.18. The normalized spacial score (nSPS) is 13.3. The first-order valence-electron chi connectivity index (χ1n) is 11.4. The van der Waals surface area contributed by atoms with E-state index in [2.05, 4.69) is 51.6 Å². The van der Waals surface area contributed by atoms with Gasteiger partial charge in [-0.25, -0.2) is 4.98 Å². The van der Waals surface area contributed by atoms with Gasteiger partial charge in [-0.1, -0.05) is 60.7 Å². The maximum Gasteiger partial charge on any atom is 0.230 e. The highest BCUT2D eigenvalue weighted by atomic mass is 32.1. The molecule has 34 heavy (non-hydrogen) atoms. The van der Waals surface area contributed by atoms with Crippen molar-refractivity contribution in [1.82, 2.24) is 9.88 Å². The van der Waals surface area contributed by atoms with Crippen LogP contribution in [0.5, 0.6) is 5.75 Å². The summed E-state index contributed by atoms with van der Waals surface area (Å²) < 4.78 is 5.34. The summed E-state index contributed by atoms with van der Waals surface area (Å²) in [5.74, 6) is 0.869. The van der Waals surface area contributed by atoms with Crippen LogP contribution in [0.25, 0.3) is 11.1 Å². The van der Waals surface area contributed by atoms with Crippen LogP contribution in [0.4, 0.5) is 5.13 Å². The zero-order chi connectivity index (χ0) is 23.3. The summed E-state index contributed by atoms with van der Waals surface area (Å²) in [6.07, 6.45) is 1.33. The van der Waals surface area contributed by atoms with E-state index in [0.717, 1.165) is 48.6 Å². The zero-order valence-electron chi connectivity index (χ0n) is 19.2. The van der Waals surface area contributed by atoms with E-state index < -0.39 is 0 Å². The number of fused-ring (bicyclic) bond motifs is 1. The molecule has 172 valence electrons. The fourth-order valence-corrected chi connectivity index (χ4v) is 5.03. The number of thiazole rings is 1. The summed E-state index contributed by atoms with van der Waals surface area (Å²) >= 11 is 1.48. The van der Waals surface area contributed by atoms with Gasteiger partial charge in [-0.15, -0.1) is 11.3 Å². The molecule has 5 rings (SSSR count). The number of aromatic nitrogens is 1. The lowest BCUT2D eigenvalue weighted by molar-refractivity contribution is -0.115. The van der Waals surface area contributed by atoms with E-state index in [0.29, 0.717) is 11.6 Å². The molecule has 3 aromatic carbocycles. The van der Waals surface area contributed by atoms with Crippen LogP contribution in [0.1, 0.15) is 22.4 Å². The molecule has 1 aromatic heterocycles. The van der Waals surface area contributed by atoms with Gasteiger partial charge in [0.25, 0.3) is 0 Å². The molecule has 0 radical (unpaired) electrons. The minimum absolute atomic E-state index is 0.0470. The van der Waals surface area contributed by atoms with Crippen molar-refractivity contribution in [3.05, 3.63) is 101 Å². The predicted molar refractivity (Wildman–Crippen MR) is 137 cm³/mol. The first-order valence-corrected chi connectivity index (χ1v) is 12.3. The van der Waals surface area contributed by atoms with Gasteiger partial charge in [0.05, 0.1) is 19.2 Å². The van der Waals surface area contributed by atoms with Gasteiger partial charge < -0.3 is 10.1 Å². The number of hydrogen-bond acceptors (Lipinski definition) is 5. The Bertz CT molecular complexity index is 1270. The topological polar surface area (TPSA) is 54.5 Å². The third-order valence-corrected chi connectivity index (χ3v) is 6.92. The van der Waals surface area contributed by atoms with E-state index in [1.807, 2.05) is 41.8 Å². The maximum absolute atomic E-state index is 12.6. The third-order valence-electron chi connectivity index (χ3n) is 6.11. The summed E-state index contributed by atoms with van der Waals surface area (Å²) in [7, 11) is 1.71. The molecule has 0 atom stereocenters. The fourth-order valence-electron chi connectivity index (χ4n) is 4.31. The minimum Gasteiger partial charge on any atom is -0.497 e. The first-order chi connectivity index (χ1) is 16.7. The smallest absolute Gasteiger partial charge is 0.230 e. The van der Waals surface area contributed by atoms with Crippen molar-refractivity contribution in [3.8, 4) is 16.9 Å². The number of ether oxygens (including phenoxy) is 1. The van der Waals surface area contributed by atoms with E-state index in [9.17, 15) is 4.79 Å². The molecule has 0 unspecified atom stereocenters. The van der Waals surface area contributed by atoms with Crippen molar-refractivity contribution in [3.63, 3.8) is 0 Å². The lowest BCUT2D eigenvalue weighted by Crippen LogP contribution is -2.30. The average molecular weight is 470 g/mol. The standard InChI is InChI=1S/C28H27N3O2S/c1-33-26-12-11-24-17-31(14-13-23(24)16-26)18-25-19-34-28(29-25)30-27(32)15-20-7-9-22(10-8-20)21-5-3-2-4-6-21/h2-12,16,19H,13-15,17-18H2,1H3,(H,29,30,32). The fraction of sp³-hybridized carbons (Fsp3) is 0.214. The number of hydrogen-bond donors (Lipinski definition) is 1. The van der Waals surface area contributed by atoms with Gasteiger partial charge in [0, 0.05) is 25.0 Å². The molecule has 1 aliphatic rings. The number of anilines is 1. The molecular weight excluding hydrogens is 442 g/mol. The molecule has 2 heterocycles. The quantitative estimate of drug-likeness (QED) is 0.385. The minimum atomic E-state index is -0.0470. The van der Waals surface area contributed by atoms with Gasteiger partial charge in [-0.3, -0.25) is 9.69 Å². The van der Waals surface area contributed by atoms with Crippen LogP contribution in [-0.4, -0.2) is 29.4 Å². The molecule has 0 saturated heterocycles. The number of carbonyl (C=O) groups excluding carboxylic acids is 1. The Morgan fingerprint density at radius 3 is 2.62 bits per heavy atom. The predicted octanol–water partition coefficient (Wildman–Crippen LogP) is 5.56. The summed E-state index contributed by atoms with van der Waals surface area (Å²) in [5.41, 5.74) is 6.99. The number of carbonyl (C=O) groups is 1. The van der Waals surface area contributed by atoms with E-state index in [1.165, 1.54) is 28.0 Å². The van der Waals surface area contributed by atoms with Gasteiger partial charge in [-0.2, -0.15) is 0 Å². The number of amides is 1. The number of nitrogens with one attached hydrogen (secondary N) is 1. The molecule has 1 aliphatic heterocycles. The van der Waals surface area contributed by atoms with Gasteiger partial charge in [0.15, 0.2) is 5.13 Å². The second kappa shape index (κ2) is 10.2. The molecule has 1 amide bonds. The number of nitrogens with zero attached hydrogens (tertiary/aromatic N) is 2. The van der Waals surface area contributed by atoms with Crippen LogP contribution >= 0.6 is 11.3 Å². The molecule has 0 saturated carbocycles. The highest BCUT2D eigenvalue weighted by molar-refractivity contribution is 7.13. The molecule has 0 spiro atoms. The van der Waals surface area contributed by atoms with Crippen molar-refractivity contribution in [2.75, 3.05) is 19.0 Å². The van der Waals surface area contributed by atoms with Crippen LogP contribution in [0.3, 0.4) is 0 Å². The Morgan fingerprint density at radius 1 is 1.03 bits per heavy atom. The van der Waals surface area contributed by atoms with E-state index in [-0.39, 0.29) is 5.91 Å². The summed E-state index contributed by atoms with van der Waals surface area (Å²) in [5, 5.41) is 5.65. The average Bonchev–Trinajstić information content (AvgIpc) is 3.31. The Labute approximate surface area is 204 Å². The molecule has 0 aliphatic carbocycles. The molecular formula is C28H27N3O2S. The van der Waals surface area contributed by atoms with E-state index >= 15 is 0 Å². The molecule has 1 N–H and O–H groups in total. The molecule has 6 heteroatoms. The lowest BCUT2D eigenvalue weighted by Gasteiger charge is -2.28.